The van der Waals surface area contributed by atoms with E-state index >= 15 is 0 Å². The van der Waals surface area contributed by atoms with Crippen LogP contribution in [0.5, 0.6) is 0 Å². The molecule has 27 heavy (non-hydrogen) atoms. The van der Waals surface area contributed by atoms with Crippen LogP contribution in [0, 0.1) is 0 Å². The van der Waals surface area contributed by atoms with E-state index in [0.29, 0.717) is 0 Å². The minimum atomic E-state index is -1.59. The molecular formula is C17H37NO9. The van der Waals surface area contributed by atoms with Crippen molar-refractivity contribution in [2.75, 3.05) is 13.2 Å². The van der Waals surface area contributed by atoms with Gasteiger partial charge in [0.15, 0.2) is 6.29 Å². The minimum absolute atomic E-state index is 0. The van der Waals surface area contributed by atoms with E-state index in [4.69, 9.17) is 14.6 Å². The number of carbonyl (C=O) groups excluding carboxylic acids is 1. The number of nitrogens with one attached hydrogen (secondary N) is 1. The summed E-state index contributed by atoms with van der Waals surface area (Å²) >= 11 is 0. The molecule has 0 saturated carbocycles. The highest BCUT2D eigenvalue weighted by Gasteiger charge is 2.44. The number of ether oxygens (including phenoxy) is 2. The van der Waals surface area contributed by atoms with Crippen molar-refractivity contribution < 1.29 is 44.9 Å². The van der Waals surface area contributed by atoms with Crippen LogP contribution in [0.3, 0.4) is 0 Å². The van der Waals surface area contributed by atoms with Gasteiger partial charge in [0.05, 0.1) is 25.4 Å². The third-order valence-corrected chi connectivity index (χ3v) is 4.18. The van der Waals surface area contributed by atoms with Crippen molar-refractivity contribution in [1.29, 1.82) is 0 Å². The van der Waals surface area contributed by atoms with Crippen LogP contribution in [0.1, 0.15) is 41.5 Å². The third kappa shape index (κ3) is 7.59. The lowest BCUT2D eigenvalue weighted by Crippen LogP contribution is -2.60. The zero-order valence-electron chi connectivity index (χ0n) is 14.4. The van der Waals surface area contributed by atoms with Crippen molar-refractivity contribution in [2.24, 2.45) is 0 Å². The van der Waals surface area contributed by atoms with Crippen LogP contribution in [-0.4, -0.2) is 98.7 Å². The lowest BCUT2D eigenvalue weighted by molar-refractivity contribution is -0.303. The van der Waals surface area contributed by atoms with E-state index in [1.54, 1.807) is 13.8 Å². The molecule has 1 heterocycles. The highest BCUT2D eigenvalue weighted by Crippen LogP contribution is 2.22. The molecule has 8 unspecified atom stereocenters. The Bertz CT molecular complexity index is 410. The van der Waals surface area contributed by atoms with E-state index in [1.165, 1.54) is 0 Å². The Hall–Kier alpha value is -0.850. The number of amides is 1. The molecule has 0 aromatic heterocycles. The molecular weight excluding hydrogens is 362 g/mol. The molecule has 0 bridgehead atoms. The topological polar surface area (TPSA) is 169 Å². The summed E-state index contributed by atoms with van der Waals surface area (Å²) < 4.78 is 10.5. The first kappa shape index (κ1) is 28.4. The van der Waals surface area contributed by atoms with Gasteiger partial charge in [-0.05, 0) is 6.42 Å². The molecule has 1 aliphatic rings. The SMILES string of the molecule is C.C.CCC(=O)NC(COC1OC(CO)C(O)C(O)C1O)C(O)C(O)CC. The van der Waals surface area contributed by atoms with E-state index < -0.39 is 55.6 Å². The first-order valence-electron chi connectivity index (χ1n) is 8.34. The molecule has 1 saturated heterocycles. The average molecular weight is 399 g/mol. The maximum atomic E-state index is 11.6. The van der Waals surface area contributed by atoms with Crippen LogP contribution in [0.25, 0.3) is 0 Å². The number of hydrogen-bond acceptors (Lipinski definition) is 9. The van der Waals surface area contributed by atoms with Gasteiger partial charge < -0.3 is 45.4 Å². The molecule has 1 rings (SSSR count). The second-order valence-electron chi connectivity index (χ2n) is 6.02. The molecule has 0 aliphatic carbocycles. The Labute approximate surface area is 160 Å². The fourth-order valence-electron chi connectivity index (χ4n) is 2.45. The zero-order valence-corrected chi connectivity index (χ0v) is 14.4. The van der Waals surface area contributed by atoms with Crippen molar-refractivity contribution >= 4 is 5.91 Å². The molecule has 0 radical (unpaired) electrons. The summed E-state index contributed by atoms with van der Waals surface area (Å²) in [5, 5.41) is 60.9. The molecule has 0 aromatic rings. The summed E-state index contributed by atoms with van der Waals surface area (Å²) in [6.07, 6.45) is -9.21. The number of rotatable bonds is 9. The van der Waals surface area contributed by atoms with Crippen LogP contribution in [0.4, 0.5) is 0 Å². The highest BCUT2D eigenvalue weighted by atomic mass is 16.7. The van der Waals surface area contributed by atoms with E-state index in [1.807, 2.05) is 0 Å². The number of aliphatic hydroxyl groups is 6. The fourth-order valence-corrected chi connectivity index (χ4v) is 2.45. The van der Waals surface area contributed by atoms with Gasteiger partial charge in [-0.2, -0.15) is 0 Å². The van der Waals surface area contributed by atoms with Crippen molar-refractivity contribution in [3.05, 3.63) is 0 Å². The first-order chi connectivity index (χ1) is 11.8. The maximum Gasteiger partial charge on any atom is 0.220 e. The van der Waals surface area contributed by atoms with Crippen LogP contribution in [-0.2, 0) is 14.3 Å². The molecule has 1 aliphatic heterocycles. The van der Waals surface area contributed by atoms with E-state index in [9.17, 15) is 30.3 Å². The van der Waals surface area contributed by atoms with Gasteiger partial charge in [0.25, 0.3) is 0 Å². The van der Waals surface area contributed by atoms with Gasteiger partial charge in [0, 0.05) is 6.42 Å². The van der Waals surface area contributed by atoms with E-state index in [-0.39, 0.29) is 40.2 Å². The maximum absolute atomic E-state index is 11.6. The van der Waals surface area contributed by atoms with Gasteiger partial charge in [0.1, 0.15) is 30.5 Å². The van der Waals surface area contributed by atoms with Gasteiger partial charge in [-0.25, -0.2) is 0 Å². The van der Waals surface area contributed by atoms with Gasteiger partial charge in [0.2, 0.25) is 5.91 Å². The summed E-state index contributed by atoms with van der Waals surface area (Å²) in [4.78, 5) is 11.6. The predicted octanol–water partition coefficient (Wildman–Crippen LogP) is -1.90. The summed E-state index contributed by atoms with van der Waals surface area (Å²) in [6.45, 7) is 2.35. The van der Waals surface area contributed by atoms with Gasteiger partial charge in [-0.1, -0.05) is 28.7 Å². The van der Waals surface area contributed by atoms with Gasteiger partial charge >= 0.3 is 0 Å². The molecule has 10 nitrogen and oxygen atoms in total. The summed E-state index contributed by atoms with van der Waals surface area (Å²) in [5.74, 6) is -0.371. The molecule has 7 N–H and O–H groups in total. The van der Waals surface area contributed by atoms with Crippen LogP contribution in [0.15, 0.2) is 0 Å². The van der Waals surface area contributed by atoms with Crippen LogP contribution in [0.2, 0.25) is 0 Å². The van der Waals surface area contributed by atoms with Gasteiger partial charge in [-0.3, -0.25) is 4.79 Å². The number of hydrogen-bond donors (Lipinski definition) is 7. The van der Waals surface area contributed by atoms with Crippen LogP contribution < -0.4 is 5.32 Å². The smallest absolute Gasteiger partial charge is 0.220 e. The largest absolute Gasteiger partial charge is 0.394 e. The Morgan fingerprint density at radius 3 is 2.19 bits per heavy atom. The third-order valence-electron chi connectivity index (χ3n) is 4.18. The molecule has 1 amide bonds. The predicted molar refractivity (Wildman–Crippen MR) is 97.7 cm³/mol. The lowest BCUT2D eigenvalue weighted by atomic mass is 9.99. The Morgan fingerprint density at radius 1 is 1.11 bits per heavy atom. The van der Waals surface area contributed by atoms with Crippen LogP contribution >= 0.6 is 0 Å². The number of carbonyl (C=O) groups is 1. The Morgan fingerprint density at radius 2 is 1.70 bits per heavy atom. The van der Waals surface area contributed by atoms with Gasteiger partial charge in [-0.15, -0.1) is 0 Å². The standard InChI is InChI=1S/C15H29NO9.2CH4/c1-3-8(18)11(20)7(16-10(19)4-2)6-24-15-14(23)13(22)12(21)9(5-17)25-15;;/h7-9,11-15,17-18,20-23H,3-6H2,1-2H3,(H,16,19);2*1H4. The normalized spacial score (nSPS) is 31.0. The fraction of sp³-hybridized carbons (Fsp3) is 0.941. The monoisotopic (exact) mass is 399 g/mol. The molecule has 0 spiro atoms. The zero-order chi connectivity index (χ0) is 19.1. The summed E-state index contributed by atoms with van der Waals surface area (Å²) in [6, 6.07) is -0.977. The lowest BCUT2D eigenvalue weighted by Gasteiger charge is -2.40. The second-order valence-corrected chi connectivity index (χ2v) is 6.02. The quantitative estimate of drug-likeness (QED) is 0.234. The van der Waals surface area contributed by atoms with Crippen molar-refractivity contribution in [2.45, 2.75) is 90.5 Å². The summed E-state index contributed by atoms with van der Waals surface area (Å²) in [7, 11) is 0. The molecule has 1 fully saturated rings. The van der Waals surface area contributed by atoms with Crippen molar-refractivity contribution in [1.82, 2.24) is 5.32 Å². The summed E-state index contributed by atoms with van der Waals surface area (Å²) in [5.41, 5.74) is 0. The van der Waals surface area contributed by atoms with Crippen molar-refractivity contribution in [3.8, 4) is 0 Å². The average Bonchev–Trinajstić information content (AvgIpc) is 2.62. The highest BCUT2D eigenvalue weighted by molar-refractivity contribution is 5.75. The molecule has 164 valence electrons. The second kappa shape index (κ2) is 13.3. The van der Waals surface area contributed by atoms with Crippen molar-refractivity contribution in [3.63, 3.8) is 0 Å². The number of aliphatic hydroxyl groups excluding tert-OH is 6. The Kier molecular flexibility index (Phi) is 14.0. The molecule has 0 aromatic carbocycles. The minimum Gasteiger partial charge on any atom is -0.394 e. The first-order valence-corrected chi connectivity index (χ1v) is 8.34. The van der Waals surface area contributed by atoms with E-state index in [0.717, 1.165) is 0 Å². The van der Waals surface area contributed by atoms with E-state index in [2.05, 4.69) is 5.32 Å². The Balaban J connectivity index is 0. The molecule has 10 heteroatoms. The molecule has 8 atom stereocenters.